The Hall–Kier alpha value is -3.33. The fourth-order valence-electron chi connectivity index (χ4n) is 3.19. The van der Waals surface area contributed by atoms with E-state index in [0.717, 1.165) is 11.1 Å². The molecule has 28 heavy (non-hydrogen) atoms. The van der Waals surface area contributed by atoms with E-state index in [2.05, 4.69) is 20.3 Å². The number of rotatable bonds is 4. The van der Waals surface area contributed by atoms with E-state index in [1.54, 1.807) is 36.4 Å². The first-order valence-corrected chi connectivity index (χ1v) is 10.1. The molecule has 0 atom stereocenters. The van der Waals surface area contributed by atoms with E-state index in [1.807, 2.05) is 0 Å². The molecule has 4 N–H and O–H groups in total. The molecule has 0 saturated carbocycles. The zero-order valence-electron chi connectivity index (χ0n) is 15.0. The van der Waals surface area contributed by atoms with Crippen LogP contribution in [0.15, 0.2) is 47.4 Å². The van der Waals surface area contributed by atoms with Crippen molar-refractivity contribution < 1.29 is 18.0 Å². The van der Waals surface area contributed by atoms with Gasteiger partial charge in [0, 0.05) is 35.7 Å². The van der Waals surface area contributed by atoms with Gasteiger partial charge in [0.05, 0.1) is 4.90 Å². The smallest absolute Gasteiger partial charge is 0.267 e. The number of hydrogen-bond donors (Lipinski definition) is 4. The minimum Gasteiger partial charge on any atom is -0.354 e. The van der Waals surface area contributed by atoms with E-state index in [4.69, 9.17) is 0 Å². The van der Waals surface area contributed by atoms with Gasteiger partial charge in [0.1, 0.15) is 5.69 Å². The molecule has 2 amide bonds. The quantitative estimate of drug-likeness (QED) is 0.538. The second kappa shape index (κ2) is 6.68. The van der Waals surface area contributed by atoms with Crippen LogP contribution in [0.5, 0.6) is 0 Å². The Bertz CT molecular complexity index is 1210. The molecule has 1 aliphatic rings. The van der Waals surface area contributed by atoms with Crippen LogP contribution < -0.4 is 15.4 Å². The number of fused-ring (bicyclic) bond motifs is 2. The third-order valence-electron chi connectivity index (χ3n) is 4.63. The van der Waals surface area contributed by atoms with Crippen molar-refractivity contribution >= 4 is 44.1 Å². The van der Waals surface area contributed by atoms with Crippen molar-refractivity contribution in [3.8, 4) is 0 Å². The molecular weight excluding hydrogens is 380 g/mol. The third kappa shape index (κ3) is 3.31. The summed E-state index contributed by atoms with van der Waals surface area (Å²) in [5.74, 6) is -0.323. The number of nitrogens with one attached hydrogen (secondary N) is 4. The molecule has 0 fully saturated rings. The van der Waals surface area contributed by atoms with Crippen molar-refractivity contribution in [1.82, 2.24) is 10.3 Å². The lowest BCUT2D eigenvalue weighted by molar-refractivity contribution is -0.116. The molecule has 0 spiro atoms. The lowest BCUT2D eigenvalue weighted by Crippen LogP contribution is -2.20. The van der Waals surface area contributed by atoms with Crippen LogP contribution in [0.4, 0.5) is 11.4 Å². The summed E-state index contributed by atoms with van der Waals surface area (Å²) < 4.78 is 28.1. The molecular formula is C19H18N4O4S. The van der Waals surface area contributed by atoms with Crippen LogP contribution in [0.25, 0.3) is 10.9 Å². The minimum absolute atomic E-state index is 0.0721. The number of carbonyl (C=O) groups excluding carboxylic acids is 2. The van der Waals surface area contributed by atoms with Crippen molar-refractivity contribution in [2.75, 3.05) is 17.1 Å². The summed E-state index contributed by atoms with van der Waals surface area (Å²) in [7, 11) is -2.26. The standard InChI is InChI=1S/C19H18N4O4S/c1-20-19(25)17-10-12-8-13(3-5-16(12)21-17)23-28(26,27)14-4-6-15-11(9-14)2-7-18(24)22-15/h3-6,8-10,21,23H,2,7H2,1H3,(H,20,25)(H,22,24). The number of aromatic amines is 1. The van der Waals surface area contributed by atoms with E-state index < -0.39 is 10.0 Å². The van der Waals surface area contributed by atoms with Gasteiger partial charge >= 0.3 is 0 Å². The van der Waals surface area contributed by atoms with Crippen molar-refractivity contribution in [3.63, 3.8) is 0 Å². The van der Waals surface area contributed by atoms with Gasteiger partial charge in [-0.2, -0.15) is 0 Å². The van der Waals surface area contributed by atoms with E-state index in [0.29, 0.717) is 35.3 Å². The Morgan fingerprint density at radius 2 is 1.89 bits per heavy atom. The molecule has 4 rings (SSSR count). The first-order chi connectivity index (χ1) is 13.4. The second-order valence-corrected chi connectivity index (χ2v) is 8.22. The molecule has 2 aromatic carbocycles. The number of aryl methyl sites for hydroxylation is 1. The molecule has 0 aliphatic carbocycles. The van der Waals surface area contributed by atoms with Gasteiger partial charge in [0.15, 0.2) is 0 Å². The maximum absolute atomic E-state index is 12.8. The van der Waals surface area contributed by atoms with Gasteiger partial charge in [-0.3, -0.25) is 14.3 Å². The number of amides is 2. The number of anilines is 2. The van der Waals surface area contributed by atoms with Gasteiger partial charge in [-0.15, -0.1) is 0 Å². The van der Waals surface area contributed by atoms with Crippen LogP contribution in [0.2, 0.25) is 0 Å². The maximum Gasteiger partial charge on any atom is 0.267 e. The summed E-state index contributed by atoms with van der Waals surface area (Å²) in [5, 5.41) is 5.99. The van der Waals surface area contributed by atoms with E-state index in [-0.39, 0.29) is 16.7 Å². The minimum atomic E-state index is -3.80. The molecule has 0 bridgehead atoms. The van der Waals surface area contributed by atoms with Crippen molar-refractivity contribution in [3.05, 3.63) is 53.7 Å². The van der Waals surface area contributed by atoms with E-state index in [9.17, 15) is 18.0 Å². The highest BCUT2D eigenvalue weighted by Crippen LogP contribution is 2.27. The van der Waals surface area contributed by atoms with Gasteiger partial charge in [0.25, 0.3) is 15.9 Å². The van der Waals surface area contributed by atoms with Gasteiger partial charge in [-0.05, 0) is 54.4 Å². The molecule has 3 aromatic rings. The SMILES string of the molecule is CNC(=O)c1cc2cc(NS(=O)(=O)c3ccc4c(c3)CCC(=O)N4)ccc2[nH]1. The average Bonchev–Trinajstić information content (AvgIpc) is 3.10. The van der Waals surface area contributed by atoms with E-state index >= 15 is 0 Å². The number of sulfonamides is 1. The van der Waals surface area contributed by atoms with Gasteiger partial charge in [-0.25, -0.2) is 8.42 Å². The topological polar surface area (TPSA) is 120 Å². The average molecular weight is 398 g/mol. The summed E-state index contributed by atoms with van der Waals surface area (Å²) in [6, 6.07) is 11.3. The Morgan fingerprint density at radius 3 is 2.68 bits per heavy atom. The molecule has 1 aliphatic heterocycles. The fourth-order valence-corrected chi connectivity index (χ4v) is 4.29. The highest BCUT2D eigenvalue weighted by Gasteiger charge is 2.20. The predicted octanol–water partition coefficient (Wildman–Crippen LogP) is 2.21. The maximum atomic E-state index is 12.8. The van der Waals surface area contributed by atoms with Crippen LogP contribution in [0, 0.1) is 0 Å². The van der Waals surface area contributed by atoms with Crippen LogP contribution >= 0.6 is 0 Å². The molecule has 0 unspecified atom stereocenters. The lowest BCUT2D eigenvalue weighted by atomic mass is 10.0. The molecule has 2 heterocycles. The molecule has 8 nitrogen and oxygen atoms in total. The zero-order chi connectivity index (χ0) is 19.9. The number of aromatic nitrogens is 1. The molecule has 0 radical (unpaired) electrons. The Morgan fingerprint density at radius 1 is 1.07 bits per heavy atom. The van der Waals surface area contributed by atoms with Crippen molar-refractivity contribution in [2.45, 2.75) is 17.7 Å². The normalized spacial score (nSPS) is 13.7. The second-order valence-electron chi connectivity index (χ2n) is 6.54. The molecule has 0 saturated heterocycles. The predicted molar refractivity (Wildman–Crippen MR) is 106 cm³/mol. The Labute approximate surface area is 161 Å². The van der Waals surface area contributed by atoms with Crippen LogP contribution in [0.3, 0.4) is 0 Å². The molecule has 144 valence electrons. The third-order valence-corrected chi connectivity index (χ3v) is 6.01. The largest absolute Gasteiger partial charge is 0.354 e. The summed E-state index contributed by atoms with van der Waals surface area (Å²) in [4.78, 5) is 26.3. The van der Waals surface area contributed by atoms with Crippen molar-refractivity contribution in [1.29, 1.82) is 0 Å². The summed E-state index contributed by atoms with van der Waals surface area (Å²) in [6.07, 6.45) is 0.837. The van der Waals surface area contributed by atoms with E-state index in [1.165, 1.54) is 13.1 Å². The number of hydrogen-bond acceptors (Lipinski definition) is 4. The summed E-state index contributed by atoms with van der Waals surface area (Å²) in [5.41, 5.74) is 2.95. The summed E-state index contributed by atoms with van der Waals surface area (Å²) in [6.45, 7) is 0. The highest BCUT2D eigenvalue weighted by molar-refractivity contribution is 7.92. The monoisotopic (exact) mass is 398 g/mol. The Balaban J connectivity index is 1.62. The number of benzene rings is 2. The lowest BCUT2D eigenvalue weighted by Gasteiger charge is -2.18. The first kappa shape index (κ1) is 18.1. The van der Waals surface area contributed by atoms with Gasteiger partial charge < -0.3 is 15.6 Å². The fraction of sp³-hybridized carbons (Fsp3) is 0.158. The van der Waals surface area contributed by atoms with Crippen LogP contribution in [-0.2, 0) is 21.2 Å². The Kier molecular flexibility index (Phi) is 4.31. The zero-order valence-corrected chi connectivity index (χ0v) is 15.8. The first-order valence-electron chi connectivity index (χ1n) is 8.66. The number of carbonyl (C=O) groups is 2. The van der Waals surface area contributed by atoms with Gasteiger partial charge in [-0.1, -0.05) is 0 Å². The molecule has 9 heteroatoms. The van der Waals surface area contributed by atoms with Crippen LogP contribution in [0.1, 0.15) is 22.5 Å². The van der Waals surface area contributed by atoms with Crippen LogP contribution in [-0.4, -0.2) is 32.3 Å². The van der Waals surface area contributed by atoms with Crippen molar-refractivity contribution in [2.24, 2.45) is 0 Å². The summed E-state index contributed by atoms with van der Waals surface area (Å²) >= 11 is 0. The number of H-pyrrole nitrogens is 1. The highest BCUT2D eigenvalue weighted by atomic mass is 32.2. The van der Waals surface area contributed by atoms with Gasteiger partial charge in [0.2, 0.25) is 5.91 Å². The molecule has 1 aromatic heterocycles.